The van der Waals surface area contributed by atoms with Gasteiger partial charge in [-0.1, -0.05) is 52.0 Å². The molecule has 0 N–H and O–H groups in total. The Labute approximate surface area is 155 Å². The number of thiazole rings is 1. The number of amides is 1. The molecule has 1 heterocycles. The first-order chi connectivity index (χ1) is 11.9. The quantitative estimate of drug-likeness (QED) is 0.676. The highest BCUT2D eigenvalue weighted by molar-refractivity contribution is 7.13. The number of hydrogen-bond donors (Lipinski definition) is 0. The lowest BCUT2D eigenvalue weighted by molar-refractivity contribution is 0.0622. The van der Waals surface area contributed by atoms with Crippen molar-refractivity contribution < 1.29 is 4.79 Å². The molecular formula is C21H28N2OS. The van der Waals surface area contributed by atoms with Gasteiger partial charge in [0, 0.05) is 23.0 Å². The van der Waals surface area contributed by atoms with Gasteiger partial charge in [0.2, 0.25) is 0 Å². The average Bonchev–Trinajstić information content (AvgIpc) is 3.29. The van der Waals surface area contributed by atoms with Crippen molar-refractivity contribution in [2.45, 2.75) is 65.5 Å². The van der Waals surface area contributed by atoms with E-state index in [1.807, 2.05) is 5.38 Å². The highest BCUT2D eigenvalue weighted by atomic mass is 32.1. The summed E-state index contributed by atoms with van der Waals surface area (Å²) in [5.41, 5.74) is 3.00. The number of rotatable bonds is 6. The third-order valence-electron chi connectivity index (χ3n) is 5.13. The van der Waals surface area contributed by atoms with Crippen molar-refractivity contribution >= 4 is 17.2 Å². The largest absolute Gasteiger partial charge is 0.331 e. The van der Waals surface area contributed by atoms with Crippen molar-refractivity contribution in [1.29, 1.82) is 0 Å². The predicted molar refractivity (Wildman–Crippen MR) is 105 cm³/mol. The van der Waals surface area contributed by atoms with Gasteiger partial charge in [-0.2, -0.15) is 0 Å². The lowest BCUT2D eigenvalue weighted by Crippen LogP contribution is -2.43. The second-order valence-electron chi connectivity index (χ2n) is 7.74. The topological polar surface area (TPSA) is 33.2 Å². The lowest BCUT2D eigenvalue weighted by atomic mass is 10.0. The molecule has 4 heteroatoms. The van der Waals surface area contributed by atoms with Crippen molar-refractivity contribution in [2.24, 2.45) is 5.92 Å². The maximum Gasteiger partial charge on any atom is 0.273 e. The van der Waals surface area contributed by atoms with E-state index >= 15 is 0 Å². The Bertz CT molecular complexity index is 729. The Kier molecular flexibility index (Phi) is 5.28. The van der Waals surface area contributed by atoms with E-state index in [2.05, 4.69) is 68.8 Å². The van der Waals surface area contributed by atoms with E-state index in [1.165, 1.54) is 5.56 Å². The molecule has 1 amide bonds. The number of benzene rings is 1. The highest BCUT2D eigenvalue weighted by Gasteiger charge is 2.37. The van der Waals surface area contributed by atoms with Crippen LogP contribution in [0.5, 0.6) is 0 Å². The Morgan fingerprint density at radius 3 is 2.28 bits per heavy atom. The Morgan fingerprint density at radius 1 is 1.12 bits per heavy atom. The Balaban J connectivity index is 1.81. The lowest BCUT2D eigenvalue weighted by Gasteiger charge is -2.31. The summed E-state index contributed by atoms with van der Waals surface area (Å²) in [7, 11) is 0. The molecule has 1 aromatic carbocycles. The Hall–Kier alpha value is -1.68. The van der Waals surface area contributed by atoms with Gasteiger partial charge in [0.05, 0.1) is 0 Å². The van der Waals surface area contributed by atoms with E-state index in [9.17, 15) is 4.79 Å². The van der Waals surface area contributed by atoms with E-state index < -0.39 is 0 Å². The van der Waals surface area contributed by atoms with Crippen molar-refractivity contribution in [1.82, 2.24) is 9.88 Å². The molecule has 25 heavy (non-hydrogen) atoms. The zero-order chi connectivity index (χ0) is 18.1. The van der Waals surface area contributed by atoms with Crippen molar-refractivity contribution in [3.8, 4) is 10.6 Å². The van der Waals surface area contributed by atoms with Gasteiger partial charge >= 0.3 is 0 Å². The number of aromatic nitrogens is 1. The molecule has 1 unspecified atom stereocenters. The summed E-state index contributed by atoms with van der Waals surface area (Å²) in [6.45, 7) is 10.9. The number of hydrogen-bond acceptors (Lipinski definition) is 3. The van der Waals surface area contributed by atoms with Crippen LogP contribution in [0, 0.1) is 5.92 Å². The van der Waals surface area contributed by atoms with Gasteiger partial charge in [0.1, 0.15) is 10.7 Å². The van der Waals surface area contributed by atoms with Crippen molar-refractivity contribution in [2.75, 3.05) is 0 Å². The highest BCUT2D eigenvalue weighted by Crippen LogP contribution is 2.33. The number of carbonyl (C=O) groups excluding carboxylic acids is 1. The molecule has 2 aromatic rings. The van der Waals surface area contributed by atoms with Crippen LogP contribution in [0.4, 0.5) is 0 Å². The standard InChI is InChI=1S/C21H28N2OS/c1-13(2)15(5)23(18-10-11-18)21(24)19-12-25-20(22-19)17-8-6-16(7-9-17)14(3)4/h6-9,12-15,18H,10-11H2,1-5H3. The third-order valence-corrected chi connectivity index (χ3v) is 6.02. The zero-order valence-corrected chi connectivity index (χ0v) is 16.6. The van der Waals surface area contributed by atoms with Crippen LogP contribution in [-0.4, -0.2) is 27.9 Å². The molecule has 1 aliphatic rings. The van der Waals surface area contributed by atoms with E-state index in [1.54, 1.807) is 11.3 Å². The van der Waals surface area contributed by atoms with Crippen LogP contribution in [0.2, 0.25) is 0 Å². The normalized spacial score (nSPS) is 15.6. The molecule has 1 aliphatic carbocycles. The minimum absolute atomic E-state index is 0.0880. The SMILES string of the molecule is CC(C)c1ccc(-c2nc(C(=O)N(C3CC3)C(C)C(C)C)cs2)cc1. The van der Waals surface area contributed by atoms with E-state index in [4.69, 9.17) is 0 Å². The van der Waals surface area contributed by atoms with Gasteiger partial charge in [0.15, 0.2) is 0 Å². The maximum absolute atomic E-state index is 13.0. The van der Waals surface area contributed by atoms with Crippen LogP contribution in [0.25, 0.3) is 10.6 Å². The summed E-state index contributed by atoms with van der Waals surface area (Å²) in [4.78, 5) is 19.7. The molecule has 3 nitrogen and oxygen atoms in total. The molecule has 1 atom stereocenters. The van der Waals surface area contributed by atoms with Gasteiger partial charge in [-0.05, 0) is 37.2 Å². The van der Waals surface area contributed by atoms with Crippen LogP contribution >= 0.6 is 11.3 Å². The van der Waals surface area contributed by atoms with Crippen molar-refractivity contribution in [3.05, 3.63) is 40.9 Å². The van der Waals surface area contributed by atoms with Crippen LogP contribution < -0.4 is 0 Å². The molecule has 0 saturated heterocycles. The van der Waals surface area contributed by atoms with Gasteiger partial charge in [0.25, 0.3) is 5.91 Å². The van der Waals surface area contributed by atoms with E-state index in [0.717, 1.165) is 23.4 Å². The summed E-state index contributed by atoms with van der Waals surface area (Å²) in [6.07, 6.45) is 2.24. The van der Waals surface area contributed by atoms with Gasteiger partial charge in [-0.15, -0.1) is 11.3 Å². The van der Waals surface area contributed by atoms with Crippen LogP contribution in [0.3, 0.4) is 0 Å². The first-order valence-corrected chi connectivity index (χ1v) is 10.1. The molecule has 134 valence electrons. The van der Waals surface area contributed by atoms with Crippen LogP contribution in [-0.2, 0) is 0 Å². The molecule has 0 bridgehead atoms. The van der Waals surface area contributed by atoms with Crippen LogP contribution in [0.15, 0.2) is 29.6 Å². The second-order valence-corrected chi connectivity index (χ2v) is 8.60. The molecule has 0 radical (unpaired) electrons. The van der Waals surface area contributed by atoms with Gasteiger partial charge in [-0.3, -0.25) is 4.79 Å². The summed E-state index contributed by atoms with van der Waals surface area (Å²) in [6, 6.07) is 9.17. The molecule has 1 saturated carbocycles. The zero-order valence-electron chi connectivity index (χ0n) is 15.8. The maximum atomic E-state index is 13.0. The summed E-state index contributed by atoms with van der Waals surface area (Å²) in [5.74, 6) is 1.06. The van der Waals surface area contributed by atoms with E-state index in [0.29, 0.717) is 23.6 Å². The monoisotopic (exact) mass is 356 g/mol. The fourth-order valence-electron chi connectivity index (χ4n) is 3.00. The Morgan fingerprint density at radius 2 is 1.76 bits per heavy atom. The molecular weight excluding hydrogens is 328 g/mol. The first-order valence-electron chi connectivity index (χ1n) is 9.27. The summed E-state index contributed by atoms with van der Waals surface area (Å²) in [5, 5.41) is 2.84. The van der Waals surface area contributed by atoms with Crippen molar-refractivity contribution in [3.63, 3.8) is 0 Å². The number of nitrogens with zero attached hydrogens (tertiary/aromatic N) is 2. The molecule has 0 spiro atoms. The average molecular weight is 357 g/mol. The minimum atomic E-state index is 0.0880. The van der Waals surface area contributed by atoms with Gasteiger partial charge < -0.3 is 4.90 Å². The first kappa shape index (κ1) is 18.1. The predicted octanol–water partition coefficient (Wildman–Crippen LogP) is 5.58. The second kappa shape index (κ2) is 7.28. The van der Waals surface area contributed by atoms with Crippen LogP contribution in [0.1, 0.15) is 69.4 Å². The number of carbonyl (C=O) groups is 1. The third kappa shape index (κ3) is 3.95. The van der Waals surface area contributed by atoms with E-state index in [-0.39, 0.29) is 11.9 Å². The summed E-state index contributed by atoms with van der Waals surface area (Å²) >= 11 is 1.56. The fraction of sp³-hybridized carbons (Fsp3) is 0.524. The minimum Gasteiger partial charge on any atom is -0.331 e. The molecule has 3 rings (SSSR count). The molecule has 1 aromatic heterocycles. The van der Waals surface area contributed by atoms with Gasteiger partial charge in [-0.25, -0.2) is 4.98 Å². The fourth-order valence-corrected chi connectivity index (χ4v) is 3.80. The molecule has 1 fully saturated rings. The smallest absolute Gasteiger partial charge is 0.273 e. The molecule has 0 aliphatic heterocycles. The summed E-state index contributed by atoms with van der Waals surface area (Å²) < 4.78 is 0.